The number of hydrogen-bond donors (Lipinski definition) is 1. The molecule has 0 aliphatic carbocycles. The molecule has 2 rings (SSSR count). The van der Waals surface area contributed by atoms with E-state index in [4.69, 9.17) is 4.52 Å². The first-order chi connectivity index (χ1) is 11.2. The summed E-state index contributed by atoms with van der Waals surface area (Å²) in [4.78, 5) is 21.7. The normalized spacial score (nSPS) is 11.5. The molecule has 0 radical (unpaired) electrons. The number of benzene rings is 1. The smallest absolute Gasteiger partial charge is 0.270 e. The Labute approximate surface area is 137 Å². The van der Waals surface area contributed by atoms with E-state index < -0.39 is 27.4 Å². The number of nitrogens with one attached hydrogen (secondary N) is 1. The van der Waals surface area contributed by atoms with Gasteiger partial charge in [0, 0.05) is 25.2 Å². The average molecular weight is 354 g/mol. The molecule has 128 valence electrons. The van der Waals surface area contributed by atoms with Crippen LogP contribution >= 0.6 is 0 Å². The topological polar surface area (TPSA) is 136 Å². The van der Waals surface area contributed by atoms with Gasteiger partial charge in [0.05, 0.1) is 16.4 Å². The summed E-state index contributed by atoms with van der Waals surface area (Å²) in [6, 6.07) is 6.07. The zero-order valence-corrected chi connectivity index (χ0v) is 13.6. The molecule has 0 bridgehead atoms. The first-order valence-electron chi connectivity index (χ1n) is 6.64. The van der Waals surface area contributed by atoms with Crippen molar-refractivity contribution in [3.8, 4) is 0 Å². The summed E-state index contributed by atoms with van der Waals surface area (Å²) in [6.45, 7) is 1.15. The Morgan fingerprint density at radius 3 is 2.71 bits per heavy atom. The zero-order valence-electron chi connectivity index (χ0n) is 12.8. The van der Waals surface area contributed by atoms with E-state index in [-0.39, 0.29) is 16.4 Å². The Morgan fingerprint density at radius 2 is 2.12 bits per heavy atom. The highest BCUT2D eigenvalue weighted by molar-refractivity contribution is 7.89. The number of sulfonamides is 1. The molecule has 10 nitrogen and oxygen atoms in total. The van der Waals surface area contributed by atoms with Crippen molar-refractivity contribution in [2.75, 3.05) is 18.9 Å². The molecule has 11 heteroatoms. The van der Waals surface area contributed by atoms with Crippen LogP contribution in [0.5, 0.6) is 0 Å². The first-order valence-corrected chi connectivity index (χ1v) is 8.08. The van der Waals surface area contributed by atoms with Crippen LogP contribution in [0.15, 0.2) is 39.8 Å². The van der Waals surface area contributed by atoms with Crippen molar-refractivity contribution in [2.45, 2.75) is 11.8 Å². The largest absolute Gasteiger partial charge is 0.360 e. The number of aryl methyl sites for hydroxylation is 1. The Balaban J connectivity index is 2.12. The van der Waals surface area contributed by atoms with E-state index in [0.717, 1.165) is 10.4 Å². The number of nitro groups is 1. The maximum atomic E-state index is 12.4. The van der Waals surface area contributed by atoms with Crippen LogP contribution < -0.4 is 5.32 Å². The molecule has 24 heavy (non-hydrogen) atoms. The summed E-state index contributed by atoms with van der Waals surface area (Å²) in [6.07, 6.45) is 0. The number of carbonyl (C=O) groups is 1. The first kappa shape index (κ1) is 17.6. The molecule has 1 aromatic heterocycles. The summed E-state index contributed by atoms with van der Waals surface area (Å²) >= 11 is 0. The number of amides is 1. The van der Waals surface area contributed by atoms with Gasteiger partial charge in [-0.15, -0.1) is 0 Å². The number of anilines is 1. The lowest BCUT2D eigenvalue weighted by Crippen LogP contribution is -2.35. The molecule has 0 unspecified atom stereocenters. The third kappa shape index (κ3) is 3.94. The lowest BCUT2D eigenvalue weighted by molar-refractivity contribution is -0.385. The summed E-state index contributed by atoms with van der Waals surface area (Å²) in [5.41, 5.74) is -0.355. The van der Waals surface area contributed by atoms with Crippen LogP contribution in [0.1, 0.15) is 5.76 Å². The van der Waals surface area contributed by atoms with Gasteiger partial charge < -0.3 is 9.84 Å². The van der Waals surface area contributed by atoms with Gasteiger partial charge in [-0.2, -0.15) is 4.31 Å². The number of rotatable bonds is 6. The van der Waals surface area contributed by atoms with Crippen molar-refractivity contribution in [2.24, 2.45) is 0 Å². The van der Waals surface area contributed by atoms with E-state index >= 15 is 0 Å². The molecule has 1 aromatic carbocycles. The van der Waals surface area contributed by atoms with Gasteiger partial charge in [-0.3, -0.25) is 14.9 Å². The summed E-state index contributed by atoms with van der Waals surface area (Å²) in [5.74, 6) is 0.0290. The van der Waals surface area contributed by atoms with Gasteiger partial charge in [-0.25, -0.2) is 8.42 Å². The third-order valence-corrected chi connectivity index (χ3v) is 4.80. The molecule has 0 aliphatic heterocycles. The van der Waals surface area contributed by atoms with Crippen LogP contribution in [0, 0.1) is 17.0 Å². The Bertz CT molecular complexity index is 876. The van der Waals surface area contributed by atoms with Gasteiger partial charge in [-0.1, -0.05) is 11.2 Å². The fourth-order valence-electron chi connectivity index (χ4n) is 1.83. The van der Waals surface area contributed by atoms with Crippen molar-refractivity contribution in [1.29, 1.82) is 0 Å². The van der Waals surface area contributed by atoms with Gasteiger partial charge in [0.2, 0.25) is 15.9 Å². The number of nitrogens with zero attached hydrogens (tertiary/aromatic N) is 3. The van der Waals surface area contributed by atoms with Gasteiger partial charge >= 0.3 is 0 Å². The highest BCUT2D eigenvalue weighted by atomic mass is 32.2. The van der Waals surface area contributed by atoms with Crippen LogP contribution in [0.4, 0.5) is 11.5 Å². The number of carbonyl (C=O) groups excluding carboxylic acids is 1. The van der Waals surface area contributed by atoms with Crippen LogP contribution in [0.25, 0.3) is 0 Å². The highest BCUT2D eigenvalue weighted by Crippen LogP contribution is 2.20. The molecule has 1 amide bonds. The van der Waals surface area contributed by atoms with Gasteiger partial charge in [0.25, 0.3) is 5.69 Å². The second-order valence-electron chi connectivity index (χ2n) is 4.89. The zero-order chi connectivity index (χ0) is 17.9. The van der Waals surface area contributed by atoms with Gasteiger partial charge in [0.15, 0.2) is 5.82 Å². The molecule has 0 saturated heterocycles. The fraction of sp³-hybridized carbons (Fsp3) is 0.231. The lowest BCUT2D eigenvalue weighted by Gasteiger charge is -2.16. The summed E-state index contributed by atoms with van der Waals surface area (Å²) in [7, 11) is -2.86. The maximum absolute atomic E-state index is 12.4. The minimum atomic E-state index is -4.05. The number of likely N-dealkylation sites (N-methyl/N-ethyl adjacent to an activating group) is 1. The Hall–Kier alpha value is -2.79. The Kier molecular flexibility index (Phi) is 4.95. The highest BCUT2D eigenvalue weighted by Gasteiger charge is 2.25. The van der Waals surface area contributed by atoms with Crippen LogP contribution in [0.3, 0.4) is 0 Å². The number of aromatic nitrogens is 1. The standard InChI is InChI=1S/C13H14N4O6S/c1-9-6-12(15-23-9)14-13(18)8-16(2)24(21,22)11-5-3-4-10(7-11)17(19)20/h3-7H,8H2,1-2H3,(H,14,15,18). The summed E-state index contributed by atoms with van der Waals surface area (Å²) in [5, 5.41) is 16.7. The minimum Gasteiger partial charge on any atom is -0.360 e. The van der Waals surface area contributed by atoms with E-state index in [0.29, 0.717) is 5.76 Å². The predicted octanol–water partition coefficient (Wildman–Crippen LogP) is 1.15. The molecular formula is C13H14N4O6S. The van der Waals surface area contributed by atoms with E-state index in [2.05, 4.69) is 10.5 Å². The van der Waals surface area contributed by atoms with Crippen molar-refractivity contribution in [3.63, 3.8) is 0 Å². The molecule has 1 N–H and O–H groups in total. The fourth-order valence-corrected chi connectivity index (χ4v) is 3.00. The van der Waals surface area contributed by atoms with Gasteiger partial charge in [-0.05, 0) is 13.0 Å². The maximum Gasteiger partial charge on any atom is 0.270 e. The second-order valence-corrected chi connectivity index (χ2v) is 6.93. The van der Waals surface area contributed by atoms with Crippen molar-refractivity contribution >= 4 is 27.4 Å². The van der Waals surface area contributed by atoms with E-state index in [1.165, 1.54) is 31.3 Å². The molecule has 2 aromatic rings. The van der Waals surface area contributed by atoms with Crippen LogP contribution in [0.2, 0.25) is 0 Å². The number of nitro benzene ring substituents is 1. The molecule has 0 fully saturated rings. The average Bonchev–Trinajstić information content (AvgIpc) is 2.92. The molecular weight excluding hydrogens is 340 g/mol. The summed E-state index contributed by atoms with van der Waals surface area (Å²) < 4.78 is 30.3. The number of non-ortho nitro benzene ring substituents is 1. The van der Waals surface area contributed by atoms with E-state index in [1.807, 2.05) is 0 Å². The van der Waals surface area contributed by atoms with Gasteiger partial charge in [0.1, 0.15) is 5.76 Å². The van der Waals surface area contributed by atoms with Crippen LogP contribution in [-0.2, 0) is 14.8 Å². The SMILES string of the molecule is Cc1cc(NC(=O)CN(C)S(=O)(=O)c2cccc([N+](=O)[O-])c2)no1. The van der Waals surface area contributed by atoms with Crippen molar-refractivity contribution in [1.82, 2.24) is 9.46 Å². The molecule has 0 atom stereocenters. The van der Waals surface area contributed by atoms with E-state index in [1.54, 1.807) is 6.92 Å². The predicted molar refractivity (Wildman–Crippen MR) is 82.8 cm³/mol. The number of hydrogen-bond acceptors (Lipinski definition) is 7. The third-order valence-electron chi connectivity index (χ3n) is 3.00. The lowest BCUT2D eigenvalue weighted by atomic mass is 10.3. The minimum absolute atomic E-state index is 0.165. The quantitative estimate of drug-likeness (QED) is 0.607. The Morgan fingerprint density at radius 1 is 1.42 bits per heavy atom. The van der Waals surface area contributed by atoms with E-state index in [9.17, 15) is 23.3 Å². The monoisotopic (exact) mass is 354 g/mol. The van der Waals surface area contributed by atoms with Crippen LogP contribution in [-0.4, -0.2) is 42.3 Å². The second kappa shape index (κ2) is 6.76. The molecule has 1 heterocycles. The van der Waals surface area contributed by atoms with Crippen molar-refractivity contribution < 1.29 is 22.7 Å². The molecule has 0 aliphatic rings. The molecule has 0 spiro atoms. The molecule has 0 saturated carbocycles. The van der Waals surface area contributed by atoms with Crippen molar-refractivity contribution in [3.05, 3.63) is 46.2 Å².